The Morgan fingerprint density at radius 2 is 1.64 bits per heavy atom. The van der Waals surface area contributed by atoms with E-state index in [0.717, 1.165) is 35.3 Å². The maximum Gasteiger partial charge on any atom is 0.257 e. The van der Waals surface area contributed by atoms with Gasteiger partial charge in [-0.25, -0.2) is 4.39 Å². The summed E-state index contributed by atoms with van der Waals surface area (Å²) in [5.41, 5.74) is 4.27. The van der Waals surface area contributed by atoms with Crippen molar-refractivity contribution in [3.63, 3.8) is 0 Å². The summed E-state index contributed by atoms with van der Waals surface area (Å²) >= 11 is 0. The molecule has 0 radical (unpaired) electrons. The number of ether oxygens (including phenoxy) is 1. The van der Waals surface area contributed by atoms with Crippen LogP contribution in [0.15, 0.2) is 66.7 Å². The third kappa shape index (κ3) is 6.99. The van der Waals surface area contributed by atoms with E-state index in [1.807, 2.05) is 42.5 Å². The third-order valence-corrected chi connectivity index (χ3v) is 9.27. The minimum absolute atomic E-state index is 0.0639. The Labute approximate surface area is 261 Å². The summed E-state index contributed by atoms with van der Waals surface area (Å²) in [6.45, 7) is 8.61. The number of benzene rings is 3. The zero-order valence-electron chi connectivity index (χ0n) is 26.7. The van der Waals surface area contributed by atoms with E-state index in [4.69, 9.17) is 4.74 Å². The quantitative estimate of drug-likeness (QED) is 0.288. The second-order valence-electron chi connectivity index (χ2n) is 13.4. The van der Waals surface area contributed by atoms with E-state index in [1.54, 1.807) is 31.1 Å². The Balaban J connectivity index is 1.46. The van der Waals surface area contributed by atoms with Crippen LogP contribution in [0.3, 0.4) is 0 Å². The van der Waals surface area contributed by atoms with Crippen LogP contribution in [0.25, 0.3) is 0 Å². The Morgan fingerprint density at radius 1 is 0.909 bits per heavy atom. The predicted octanol–water partition coefficient (Wildman–Crippen LogP) is 8.03. The first-order chi connectivity index (χ1) is 21.1. The van der Waals surface area contributed by atoms with Gasteiger partial charge in [0.1, 0.15) is 5.82 Å². The van der Waals surface area contributed by atoms with Gasteiger partial charge in [0.25, 0.3) is 5.91 Å². The van der Waals surface area contributed by atoms with Crippen LogP contribution in [0.5, 0.6) is 0 Å². The van der Waals surface area contributed by atoms with Crippen molar-refractivity contribution in [2.24, 2.45) is 5.92 Å². The second-order valence-corrected chi connectivity index (χ2v) is 13.4. The summed E-state index contributed by atoms with van der Waals surface area (Å²) in [7, 11) is 1.77. The second kappa shape index (κ2) is 13.5. The van der Waals surface area contributed by atoms with E-state index >= 15 is 4.39 Å². The van der Waals surface area contributed by atoms with Crippen LogP contribution in [0.1, 0.15) is 92.4 Å². The highest BCUT2D eigenvalue weighted by Crippen LogP contribution is 2.39. The summed E-state index contributed by atoms with van der Waals surface area (Å²) in [6.07, 6.45) is 5.86. The lowest BCUT2D eigenvalue weighted by molar-refractivity contribution is -0.123. The van der Waals surface area contributed by atoms with Crippen molar-refractivity contribution in [2.75, 3.05) is 24.3 Å². The van der Waals surface area contributed by atoms with Gasteiger partial charge in [-0.1, -0.05) is 70.0 Å². The number of amides is 2. The molecular weight excluding hydrogens is 553 g/mol. The molecule has 4 unspecified atom stereocenters. The first-order valence-electron chi connectivity index (χ1n) is 15.9. The summed E-state index contributed by atoms with van der Waals surface area (Å²) in [4.78, 5) is 29.7. The standard InChI is InChI=1S/C37H46FN3O3/c1-24-11-8-15-30(38)33(24)36(43)41-22-10-14-29(35(42)40-28-13-9-12-26(23-28)37(2,3)4)34(41)25-18-20-27(21-19-25)39-31-16-6-7-17-32(31)44-5/h8-9,11-13,15,18-21,23,29,31-32,34,39H,6-7,10,14,16-17,22H2,1-5H3,(H,40,42). The third-order valence-electron chi connectivity index (χ3n) is 9.27. The van der Waals surface area contributed by atoms with Gasteiger partial charge in [0.15, 0.2) is 0 Å². The van der Waals surface area contributed by atoms with E-state index in [-0.39, 0.29) is 34.9 Å². The molecular formula is C37H46FN3O3. The van der Waals surface area contributed by atoms with Crippen molar-refractivity contribution >= 4 is 23.2 Å². The lowest BCUT2D eigenvalue weighted by Crippen LogP contribution is -2.46. The number of carbonyl (C=O) groups excluding carboxylic acids is 2. The predicted molar refractivity (Wildman–Crippen MR) is 175 cm³/mol. The molecule has 0 bridgehead atoms. The number of aryl methyl sites for hydroxylation is 1. The van der Waals surface area contributed by atoms with E-state index < -0.39 is 17.8 Å². The van der Waals surface area contributed by atoms with Gasteiger partial charge < -0.3 is 20.3 Å². The minimum atomic E-state index is -0.545. The van der Waals surface area contributed by atoms with Gasteiger partial charge in [0.2, 0.25) is 5.91 Å². The molecule has 44 heavy (non-hydrogen) atoms. The van der Waals surface area contributed by atoms with Crippen molar-refractivity contribution < 1.29 is 18.7 Å². The minimum Gasteiger partial charge on any atom is -0.380 e. The van der Waals surface area contributed by atoms with Gasteiger partial charge in [-0.15, -0.1) is 0 Å². The van der Waals surface area contributed by atoms with Gasteiger partial charge in [-0.3, -0.25) is 9.59 Å². The largest absolute Gasteiger partial charge is 0.380 e. The molecule has 1 aliphatic carbocycles. The van der Waals surface area contributed by atoms with Crippen LogP contribution >= 0.6 is 0 Å². The fourth-order valence-electron chi connectivity index (χ4n) is 6.79. The van der Waals surface area contributed by atoms with Gasteiger partial charge in [0, 0.05) is 25.0 Å². The molecule has 5 rings (SSSR count). The molecule has 7 heteroatoms. The number of halogens is 1. The van der Waals surface area contributed by atoms with Crippen LogP contribution in [0.4, 0.5) is 15.8 Å². The monoisotopic (exact) mass is 599 g/mol. The molecule has 1 saturated carbocycles. The first kappa shape index (κ1) is 31.7. The summed E-state index contributed by atoms with van der Waals surface area (Å²) in [5.74, 6) is -1.58. The highest BCUT2D eigenvalue weighted by Gasteiger charge is 2.40. The Hall–Kier alpha value is -3.71. The van der Waals surface area contributed by atoms with Crippen molar-refractivity contribution in [1.29, 1.82) is 0 Å². The molecule has 2 amide bonds. The zero-order valence-corrected chi connectivity index (χ0v) is 26.7. The summed E-state index contributed by atoms with van der Waals surface area (Å²) in [6, 6.07) is 20.3. The normalized spacial score (nSPS) is 22.4. The van der Waals surface area contributed by atoms with Gasteiger partial charge >= 0.3 is 0 Å². The molecule has 2 aliphatic rings. The Kier molecular flexibility index (Phi) is 9.74. The number of anilines is 2. The van der Waals surface area contributed by atoms with Crippen molar-refractivity contribution in [2.45, 2.75) is 89.8 Å². The molecule has 0 aromatic heterocycles. The zero-order chi connectivity index (χ0) is 31.4. The molecule has 3 aromatic rings. The maximum atomic E-state index is 15.1. The van der Waals surface area contributed by atoms with Crippen LogP contribution in [0.2, 0.25) is 0 Å². The molecule has 4 atom stereocenters. The van der Waals surface area contributed by atoms with Crippen LogP contribution < -0.4 is 10.6 Å². The molecule has 2 fully saturated rings. The number of carbonyl (C=O) groups is 2. The van der Waals surface area contributed by atoms with Crippen LogP contribution in [0, 0.1) is 18.7 Å². The Bertz CT molecular complexity index is 1450. The van der Waals surface area contributed by atoms with Gasteiger partial charge in [-0.2, -0.15) is 0 Å². The number of likely N-dealkylation sites (tertiary alicyclic amines) is 1. The van der Waals surface area contributed by atoms with E-state index in [2.05, 4.69) is 37.5 Å². The number of rotatable bonds is 7. The Morgan fingerprint density at radius 3 is 2.34 bits per heavy atom. The smallest absolute Gasteiger partial charge is 0.257 e. The highest BCUT2D eigenvalue weighted by atomic mass is 19.1. The van der Waals surface area contributed by atoms with E-state index in [0.29, 0.717) is 24.9 Å². The number of piperidine rings is 1. The molecule has 1 aliphatic heterocycles. The van der Waals surface area contributed by atoms with Crippen LogP contribution in [-0.4, -0.2) is 42.5 Å². The number of methoxy groups -OCH3 is 1. The fourth-order valence-corrected chi connectivity index (χ4v) is 6.79. The van der Waals surface area contributed by atoms with E-state index in [9.17, 15) is 9.59 Å². The SMILES string of the molecule is COC1CCCCC1Nc1ccc(C2C(C(=O)Nc3cccc(C(C)(C)C)c3)CCCN2C(=O)c2c(C)cccc2F)cc1. The lowest BCUT2D eigenvalue weighted by Gasteiger charge is -2.41. The van der Waals surface area contributed by atoms with Crippen molar-refractivity contribution in [3.05, 3.63) is 94.8 Å². The van der Waals surface area contributed by atoms with Gasteiger partial charge in [-0.05, 0) is 85.0 Å². The summed E-state index contributed by atoms with van der Waals surface area (Å²) in [5, 5.41) is 6.78. The molecule has 234 valence electrons. The van der Waals surface area contributed by atoms with Crippen LogP contribution in [-0.2, 0) is 14.9 Å². The molecule has 6 nitrogen and oxygen atoms in total. The fraction of sp³-hybridized carbons (Fsp3) is 0.459. The number of nitrogens with one attached hydrogen (secondary N) is 2. The molecule has 0 spiro atoms. The topological polar surface area (TPSA) is 70.7 Å². The average molecular weight is 600 g/mol. The molecule has 1 heterocycles. The molecule has 2 N–H and O–H groups in total. The van der Waals surface area contributed by atoms with Crippen molar-refractivity contribution in [1.82, 2.24) is 4.90 Å². The number of hydrogen-bond acceptors (Lipinski definition) is 4. The van der Waals surface area contributed by atoms with E-state index in [1.165, 1.54) is 18.9 Å². The molecule has 1 saturated heterocycles. The van der Waals surface area contributed by atoms with Gasteiger partial charge in [0.05, 0.1) is 29.7 Å². The highest BCUT2D eigenvalue weighted by molar-refractivity contribution is 5.98. The lowest BCUT2D eigenvalue weighted by atomic mass is 9.83. The average Bonchev–Trinajstić information content (AvgIpc) is 3.01. The summed E-state index contributed by atoms with van der Waals surface area (Å²) < 4.78 is 20.8. The van der Waals surface area contributed by atoms with Crippen molar-refractivity contribution in [3.8, 4) is 0 Å². The molecule has 3 aromatic carbocycles. The number of hydrogen-bond donors (Lipinski definition) is 2. The maximum absolute atomic E-state index is 15.1. The first-order valence-corrected chi connectivity index (χ1v) is 15.9. The number of nitrogens with zero attached hydrogens (tertiary/aromatic N) is 1.